The molecule has 210 valence electrons. The minimum Gasteiger partial charge on any atom is -0.489 e. The van der Waals surface area contributed by atoms with E-state index >= 15 is 0 Å². The fourth-order valence-corrected chi connectivity index (χ4v) is 4.10. The van der Waals surface area contributed by atoms with Crippen molar-refractivity contribution in [3.05, 3.63) is 65.6 Å². The molecular weight excluding hydrogens is 514 g/mol. The van der Waals surface area contributed by atoms with Crippen LogP contribution in [0, 0.1) is 6.92 Å². The lowest BCUT2D eigenvalue weighted by Crippen LogP contribution is -2.20. The zero-order valence-corrected chi connectivity index (χ0v) is 22.7. The number of nitrogens with zero attached hydrogens (tertiary/aromatic N) is 5. The number of nitrogens with one attached hydrogen (secondary N) is 2. The second-order valence-corrected chi connectivity index (χ2v) is 8.83. The first-order chi connectivity index (χ1) is 19.3. The number of allylic oxidation sites excluding steroid dienone is 1. The number of primary amides is 1. The van der Waals surface area contributed by atoms with E-state index in [1.807, 2.05) is 36.6 Å². The van der Waals surface area contributed by atoms with Crippen molar-refractivity contribution in [1.82, 2.24) is 24.3 Å². The van der Waals surface area contributed by atoms with Gasteiger partial charge in [0.1, 0.15) is 29.3 Å². The monoisotopic (exact) mass is 547 g/mol. The number of carbonyl (C=O) groups excluding carboxylic acids is 2. The number of imidazole rings is 1. The molecule has 0 aliphatic heterocycles. The minimum atomic E-state index is -0.604. The molecule has 4 aromatic rings. The molecule has 3 heterocycles. The molecule has 0 spiro atoms. The first-order valence-electron chi connectivity index (χ1n) is 12.7. The van der Waals surface area contributed by atoms with Crippen LogP contribution in [0.25, 0.3) is 11.2 Å². The summed E-state index contributed by atoms with van der Waals surface area (Å²) in [6.45, 7) is 5.77. The molecule has 2 amide bonds. The van der Waals surface area contributed by atoms with Crippen molar-refractivity contribution < 1.29 is 19.1 Å². The number of carbonyl (C=O) groups is 2. The lowest BCUT2D eigenvalue weighted by molar-refractivity contribution is 0.0995. The number of fused-ring (bicyclic) bond motifs is 1. The third-order valence-corrected chi connectivity index (χ3v) is 5.98. The molecule has 0 saturated heterocycles. The average Bonchev–Trinajstić information content (AvgIpc) is 3.49. The molecule has 4 rings (SSSR count). The van der Waals surface area contributed by atoms with Crippen LogP contribution in [0.3, 0.4) is 0 Å². The van der Waals surface area contributed by atoms with E-state index in [0.29, 0.717) is 66.2 Å². The summed E-state index contributed by atoms with van der Waals surface area (Å²) in [5.41, 5.74) is 15.2. The number of anilines is 3. The van der Waals surface area contributed by atoms with Crippen molar-refractivity contribution >= 4 is 40.3 Å². The smallest absolute Gasteiger partial charge is 0.276 e. The molecule has 13 nitrogen and oxygen atoms in total. The lowest BCUT2D eigenvalue weighted by atomic mass is 10.1. The molecule has 0 bridgehead atoms. The number of hydrogen-bond donors (Lipinski definition) is 4. The summed E-state index contributed by atoms with van der Waals surface area (Å²) in [6, 6.07) is 8.42. The zero-order valence-electron chi connectivity index (χ0n) is 22.7. The molecule has 0 unspecified atom stereocenters. The molecule has 13 heteroatoms. The highest BCUT2D eigenvalue weighted by Gasteiger charge is 2.18. The second kappa shape index (κ2) is 12.8. The fourth-order valence-electron chi connectivity index (χ4n) is 4.10. The van der Waals surface area contributed by atoms with Gasteiger partial charge < -0.3 is 26.3 Å². The van der Waals surface area contributed by atoms with Crippen LogP contribution in [-0.4, -0.2) is 63.0 Å². The number of pyridine rings is 1. The van der Waals surface area contributed by atoms with Gasteiger partial charge in [0, 0.05) is 38.5 Å². The normalized spacial score (nSPS) is 11.3. The minimum absolute atomic E-state index is 0.247. The van der Waals surface area contributed by atoms with Gasteiger partial charge in [-0.3, -0.25) is 24.2 Å². The van der Waals surface area contributed by atoms with Gasteiger partial charge in [-0.15, -0.1) is 0 Å². The lowest BCUT2D eigenvalue weighted by Gasteiger charge is -2.16. The maximum Gasteiger partial charge on any atom is 0.276 e. The first-order valence-corrected chi connectivity index (χ1v) is 12.7. The number of aromatic nitrogens is 5. The quantitative estimate of drug-likeness (QED) is 0.111. The molecule has 0 aliphatic carbocycles. The van der Waals surface area contributed by atoms with Crippen LogP contribution < -0.4 is 26.8 Å². The van der Waals surface area contributed by atoms with E-state index in [0.717, 1.165) is 5.69 Å². The van der Waals surface area contributed by atoms with Gasteiger partial charge in [-0.25, -0.2) is 9.97 Å². The Morgan fingerprint density at radius 1 is 1.18 bits per heavy atom. The number of nitrogens with two attached hydrogens (primary N) is 2. The zero-order chi connectivity index (χ0) is 28.6. The second-order valence-electron chi connectivity index (χ2n) is 8.83. The maximum atomic E-state index is 13.1. The van der Waals surface area contributed by atoms with E-state index < -0.39 is 5.91 Å². The third kappa shape index (κ3) is 6.38. The van der Waals surface area contributed by atoms with Crippen molar-refractivity contribution in [2.24, 2.45) is 5.73 Å². The number of aryl methyl sites for hydroxylation is 2. The number of nitrogen functional groups attached to an aromatic ring is 1. The summed E-state index contributed by atoms with van der Waals surface area (Å²) in [7, 11) is 1.57. The van der Waals surface area contributed by atoms with Crippen molar-refractivity contribution in [2.45, 2.75) is 26.9 Å². The molecule has 3 aromatic heterocycles. The van der Waals surface area contributed by atoms with E-state index in [-0.39, 0.29) is 18.1 Å². The van der Waals surface area contributed by atoms with Crippen LogP contribution in [-0.2, 0) is 17.8 Å². The molecule has 0 radical (unpaired) electrons. The predicted molar refractivity (Wildman–Crippen MR) is 152 cm³/mol. The Balaban J connectivity index is 1.49. The molecule has 0 aliphatic rings. The highest BCUT2D eigenvalue weighted by Crippen LogP contribution is 2.32. The standard InChI is InChI=1S/C27H33N9O4/c1-4-36-21(14-17(2)34-36)26(38)33-27-32-20-8-7-10-31-25(20)35(27)11-6-5-9-30-23-19(28)15-18(24(29)37)16-22(23)40-13-12-39-3/h5-8,10,14-16,30H,4,9,11-13,28H2,1-3H3,(H2,29,37)(H,32,33,38)/b6-5+. The highest BCUT2D eigenvalue weighted by atomic mass is 16.5. The Morgan fingerprint density at radius 2 is 2.00 bits per heavy atom. The summed E-state index contributed by atoms with van der Waals surface area (Å²) in [5, 5.41) is 10.5. The summed E-state index contributed by atoms with van der Waals surface area (Å²) < 4.78 is 14.3. The summed E-state index contributed by atoms with van der Waals surface area (Å²) in [5.74, 6) is -0.137. The molecular formula is C27H33N9O4. The Morgan fingerprint density at radius 3 is 2.75 bits per heavy atom. The van der Waals surface area contributed by atoms with Crippen LogP contribution in [0.4, 0.5) is 17.3 Å². The number of benzene rings is 1. The van der Waals surface area contributed by atoms with Gasteiger partial charge in [-0.05, 0) is 44.2 Å². The van der Waals surface area contributed by atoms with E-state index in [2.05, 4.69) is 25.7 Å². The van der Waals surface area contributed by atoms with E-state index in [1.54, 1.807) is 36.2 Å². The Kier molecular flexibility index (Phi) is 8.96. The number of hydrogen-bond acceptors (Lipinski definition) is 9. The van der Waals surface area contributed by atoms with Crippen molar-refractivity contribution in [1.29, 1.82) is 0 Å². The summed E-state index contributed by atoms with van der Waals surface area (Å²) in [4.78, 5) is 33.8. The largest absolute Gasteiger partial charge is 0.489 e. The number of methoxy groups -OCH3 is 1. The van der Waals surface area contributed by atoms with Gasteiger partial charge >= 0.3 is 0 Å². The van der Waals surface area contributed by atoms with Crippen LogP contribution in [0.15, 0.2) is 48.7 Å². The summed E-state index contributed by atoms with van der Waals surface area (Å²) >= 11 is 0. The van der Waals surface area contributed by atoms with Crippen LogP contribution in [0.1, 0.15) is 33.5 Å². The predicted octanol–water partition coefficient (Wildman–Crippen LogP) is 2.58. The topological polar surface area (TPSA) is 177 Å². The third-order valence-electron chi connectivity index (χ3n) is 5.98. The van der Waals surface area contributed by atoms with E-state index in [1.165, 1.54) is 6.07 Å². The van der Waals surface area contributed by atoms with Crippen molar-refractivity contribution in [2.75, 3.05) is 43.2 Å². The van der Waals surface area contributed by atoms with Gasteiger partial charge in [0.2, 0.25) is 11.9 Å². The van der Waals surface area contributed by atoms with E-state index in [9.17, 15) is 9.59 Å². The van der Waals surface area contributed by atoms with Gasteiger partial charge in [0.25, 0.3) is 5.91 Å². The van der Waals surface area contributed by atoms with Gasteiger partial charge in [-0.2, -0.15) is 5.10 Å². The van der Waals surface area contributed by atoms with Crippen molar-refractivity contribution in [3.8, 4) is 5.75 Å². The van der Waals surface area contributed by atoms with Crippen LogP contribution in [0.5, 0.6) is 5.75 Å². The fraction of sp³-hybridized carbons (Fsp3) is 0.296. The average molecular weight is 548 g/mol. The van der Waals surface area contributed by atoms with Gasteiger partial charge in [-0.1, -0.05) is 12.2 Å². The van der Waals surface area contributed by atoms with Crippen molar-refractivity contribution in [3.63, 3.8) is 0 Å². The highest BCUT2D eigenvalue weighted by molar-refractivity contribution is 6.03. The molecule has 40 heavy (non-hydrogen) atoms. The number of ether oxygens (including phenoxy) is 2. The van der Waals surface area contributed by atoms with Crippen LogP contribution in [0.2, 0.25) is 0 Å². The molecule has 0 atom stereocenters. The molecule has 0 fully saturated rings. The Hall–Kier alpha value is -4.91. The van der Waals surface area contributed by atoms with Gasteiger partial charge in [0.15, 0.2) is 5.65 Å². The number of rotatable bonds is 13. The van der Waals surface area contributed by atoms with Gasteiger partial charge in [0.05, 0.1) is 18.0 Å². The maximum absolute atomic E-state index is 13.1. The van der Waals surface area contributed by atoms with E-state index in [4.69, 9.17) is 20.9 Å². The molecule has 0 saturated carbocycles. The van der Waals surface area contributed by atoms with Crippen LogP contribution >= 0.6 is 0 Å². The first kappa shape index (κ1) is 28.1. The Bertz CT molecular complexity index is 1540. The SMILES string of the molecule is CCn1nc(C)cc1C(=O)Nc1nc2cccnc2n1C/C=C/CNc1c(N)cc(C(N)=O)cc1OCCOC. The molecule has 1 aromatic carbocycles. The summed E-state index contributed by atoms with van der Waals surface area (Å²) in [6.07, 6.45) is 5.49. The molecule has 6 N–H and O–H groups in total. The number of amides is 2. The Labute approximate surface area is 231 Å².